The van der Waals surface area contributed by atoms with E-state index in [4.69, 9.17) is 8.83 Å². The van der Waals surface area contributed by atoms with E-state index in [2.05, 4.69) is 49.2 Å². The van der Waals surface area contributed by atoms with E-state index in [1.807, 2.05) is 24.3 Å². The maximum Gasteiger partial charge on any atom is 0.0905 e. The first kappa shape index (κ1) is 42.2. The van der Waals surface area contributed by atoms with Crippen molar-refractivity contribution in [2.45, 2.75) is 52.4 Å². The number of hydrogen-bond acceptors (Lipinski definition) is 2. The zero-order chi connectivity index (χ0) is 16.6. The molecule has 0 amide bonds. The van der Waals surface area contributed by atoms with Gasteiger partial charge in [-0.05, 0) is 24.3 Å². The van der Waals surface area contributed by atoms with Crippen molar-refractivity contribution < 1.29 is 8.83 Å². The van der Waals surface area contributed by atoms with Gasteiger partial charge in [-0.25, -0.2) is 0 Å². The zero-order valence-electron chi connectivity index (χ0n) is 19.7. The average molecular weight is 451 g/mol. The van der Waals surface area contributed by atoms with Crippen molar-refractivity contribution in [3.05, 3.63) is 88.0 Å². The summed E-state index contributed by atoms with van der Waals surface area (Å²) in [6.45, 7) is 14.8. The molecule has 0 fully saturated rings. The van der Waals surface area contributed by atoms with Crippen LogP contribution in [-0.2, 0) is 13.1 Å². The van der Waals surface area contributed by atoms with Gasteiger partial charge in [0.1, 0.15) is 0 Å². The molecule has 162 valence electrons. The van der Waals surface area contributed by atoms with Gasteiger partial charge in [0.25, 0.3) is 0 Å². The van der Waals surface area contributed by atoms with Crippen LogP contribution in [0.4, 0.5) is 0 Å². The Morgan fingerprint density at radius 1 is 0.643 bits per heavy atom. The Labute approximate surface area is 199 Å². The van der Waals surface area contributed by atoms with Crippen LogP contribution in [0.15, 0.2) is 45.6 Å². The largest absolute Gasteiger partial charge is 0.659 e. The average Bonchev–Trinajstić information content (AvgIpc) is 3.07. The molecule has 2 heterocycles. The second kappa shape index (κ2) is 20.3. The Kier molecular flexibility index (Phi) is 30.5. The lowest BCUT2D eigenvalue weighted by Gasteiger charge is -2.33. The van der Waals surface area contributed by atoms with E-state index in [0.717, 1.165) is 24.6 Å². The number of nitrogens with zero attached hydrogens (tertiary/aromatic N) is 2. The third kappa shape index (κ3) is 24.0. The SMILES string of the molecule is C[Si](C)(C)[N-]Cc1ccco1.C[Si](C)(C)[N-]Cc1ccco1.[Al].[Al].[CH3-].[CH3-].[CH3-].[CH3-]. The van der Waals surface area contributed by atoms with Gasteiger partial charge < -0.3 is 48.5 Å². The highest BCUT2D eigenvalue weighted by Crippen LogP contribution is 2.15. The van der Waals surface area contributed by atoms with Gasteiger partial charge in [0, 0.05) is 34.7 Å². The van der Waals surface area contributed by atoms with Crippen LogP contribution < -0.4 is 0 Å². The minimum Gasteiger partial charge on any atom is -0.659 e. The number of rotatable bonds is 6. The van der Waals surface area contributed by atoms with E-state index >= 15 is 0 Å². The van der Waals surface area contributed by atoms with E-state index in [1.54, 1.807) is 12.5 Å². The molecular formula is C20H40Al2N2O2Si2-6. The molecule has 4 nitrogen and oxygen atoms in total. The predicted molar refractivity (Wildman–Crippen MR) is 135 cm³/mol. The normalized spacial score (nSPS) is 9.36. The molecule has 28 heavy (non-hydrogen) atoms. The number of furan rings is 2. The molecule has 6 radical (unpaired) electrons. The van der Waals surface area contributed by atoms with Gasteiger partial charge in [-0.2, -0.15) is 0 Å². The van der Waals surface area contributed by atoms with Crippen molar-refractivity contribution in [3.8, 4) is 0 Å². The first-order valence-corrected chi connectivity index (χ1v) is 14.5. The predicted octanol–water partition coefficient (Wildman–Crippen LogP) is 7.02. The van der Waals surface area contributed by atoms with Gasteiger partial charge >= 0.3 is 0 Å². The molecule has 0 spiro atoms. The molecule has 0 saturated carbocycles. The summed E-state index contributed by atoms with van der Waals surface area (Å²) in [6, 6.07) is 7.72. The second-order valence-corrected chi connectivity index (χ2v) is 16.4. The summed E-state index contributed by atoms with van der Waals surface area (Å²) in [5.41, 5.74) is 0. The highest BCUT2D eigenvalue weighted by Gasteiger charge is 1.98. The lowest BCUT2D eigenvalue weighted by molar-refractivity contribution is 0.521. The summed E-state index contributed by atoms with van der Waals surface area (Å²) in [5.74, 6) is 1.93. The summed E-state index contributed by atoms with van der Waals surface area (Å²) in [5, 5.41) is 0. The summed E-state index contributed by atoms with van der Waals surface area (Å²) >= 11 is 0. The van der Waals surface area contributed by atoms with Crippen molar-refractivity contribution in [3.63, 3.8) is 0 Å². The van der Waals surface area contributed by atoms with Gasteiger partial charge in [0.2, 0.25) is 0 Å². The van der Waals surface area contributed by atoms with Crippen LogP contribution in [0.2, 0.25) is 39.3 Å². The topological polar surface area (TPSA) is 54.5 Å². The van der Waals surface area contributed by atoms with Crippen molar-refractivity contribution in [2.75, 3.05) is 0 Å². The van der Waals surface area contributed by atoms with E-state index in [9.17, 15) is 0 Å². The van der Waals surface area contributed by atoms with Crippen molar-refractivity contribution in [2.24, 2.45) is 0 Å². The van der Waals surface area contributed by atoms with Gasteiger partial charge in [0.05, 0.1) is 24.0 Å². The van der Waals surface area contributed by atoms with Crippen LogP contribution in [-0.4, -0.2) is 51.2 Å². The van der Waals surface area contributed by atoms with Gasteiger partial charge in [0.15, 0.2) is 0 Å². The monoisotopic (exact) mass is 450 g/mol. The van der Waals surface area contributed by atoms with Crippen LogP contribution in [0.3, 0.4) is 0 Å². The van der Waals surface area contributed by atoms with Crippen molar-refractivity contribution >= 4 is 51.2 Å². The van der Waals surface area contributed by atoms with E-state index in [0.29, 0.717) is 0 Å². The van der Waals surface area contributed by atoms with Crippen molar-refractivity contribution in [1.82, 2.24) is 0 Å². The fourth-order valence-corrected chi connectivity index (χ4v) is 2.70. The molecule has 8 heteroatoms. The summed E-state index contributed by atoms with van der Waals surface area (Å²) in [7, 11) is -2.50. The molecule has 0 aliphatic carbocycles. The summed E-state index contributed by atoms with van der Waals surface area (Å²) in [4.78, 5) is 9.09. The maximum atomic E-state index is 5.16. The lowest BCUT2D eigenvalue weighted by atomic mass is 10.5. The Hall–Kier alpha value is -0.0213. The van der Waals surface area contributed by atoms with Crippen LogP contribution in [0.5, 0.6) is 0 Å². The molecule has 0 aliphatic heterocycles. The third-order valence-corrected chi connectivity index (χ3v) is 4.79. The molecule has 0 N–H and O–H groups in total. The Morgan fingerprint density at radius 3 is 1.11 bits per heavy atom. The highest BCUT2D eigenvalue weighted by molar-refractivity contribution is 6.80. The number of hydrogen-bond donors (Lipinski definition) is 0. The third-order valence-electron chi connectivity index (χ3n) is 2.58. The fraction of sp³-hybridized carbons (Fsp3) is 0.400. The minimum atomic E-state index is -1.25. The molecule has 2 aromatic heterocycles. The maximum absolute atomic E-state index is 5.16. The fourth-order valence-electron chi connectivity index (χ4n) is 1.44. The van der Waals surface area contributed by atoms with E-state index in [1.165, 1.54) is 0 Å². The second-order valence-electron chi connectivity index (χ2n) is 7.13. The minimum absolute atomic E-state index is 0. The highest BCUT2D eigenvalue weighted by atomic mass is 28.3. The van der Waals surface area contributed by atoms with Crippen LogP contribution in [0, 0.1) is 29.7 Å². The quantitative estimate of drug-likeness (QED) is 0.351. The van der Waals surface area contributed by atoms with Crippen LogP contribution in [0.1, 0.15) is 11.5 Å². The van der Waals surface area contributed by atoms with Crippen LogP contribution in [0.25, 0.3) is 9.96 Å². The zero-order valence-corrected chi connectivity index (χ0v) is 24.1. The molecule has 2 aromatic rings. The Balaban J connectivity index is -0.0000000712. The van der Waals surface area contributed by atoms with Gasteiger partial charge in [-0.1, -0.05) is 68.8 Å². The standard InChI is InChI=1S/2C8H14NOSi.4CH3.2Al/c2*1-11(2,3)9-7-8-5-4-6-10-8;;;;;;/h2*4-6H,7H2,1-3H3;4*1H3;;/q6*-1;;. The Morgan fingerprint density at radius 2 is 0.929 bits per heavy atom. The smallest absolute Gasteiger partial charge is 0.0905 e. The Bertz CT molecular complexity index is 461. The van der Waals surface area contributed by atoms with Gasteiger partial charge in [-0.3, -0.25) is 0 Å². The molecule has 0 aliphatic rings. The van der Waals surface area contributed by atoms with E-state index < -0.39 is 16.5 Å². The molecular weight excluding hydrogens is 410 g/mol. The van der Waals surface area contributed by atoms with Crippen LogP contribution >= 0.6 is 0 Å². The summed E-state index contributed by atoms with van der Waals surface area (Å²) in [6.07, 6.45) is 3.38. The van der Waals surface area contributed by atoms with Gasteiger partial charge in [-0.15, -0.1) is 0 Å². The molecule has 0 unspecified atom stereocenters. The lowest BCUT2D eigenvalue weighted by Crippen LogP contribution is -2.18. The first-order valence-electron chi connectivity index (χ1n) is 7.58. The molecule has 2 rings (SSSR count). The molecule has 0 atom stereocenters. The van der Waals surface area contributed by atoms with E-state index in [-0.39, 0.29) is 64.4 Å². The molecule has 0 bridgehead atoms. The van der Waals surface area contributed by atoms with Crippen molar-refractivity contribution in [1.29, 1.82) is 0 Å². The summed E-state index contributed by atoms with van der Waals surface area (Å²) < 4.78 is 10.3. The molecule has 0 saturated heterocycles. The molecule has 0 aromatic carbocycles. The first-order chi connectivity index (χ1) is 10.2.